The first-order chi connectivity index (χ1) is 15.0. The van der Waals surface area contributed by atoms with Crippen molar-refractivity contribution in [1.29, 1.82) is 5.26 Å². The third kappa shape index (κ3) is 4.23. The Morgan fingerprint density at radius 3 is 2.84 bits per heavy atom. The van der Waals surface area contributed by atoms with Crippen LogP contribution in [0.1, 0.15) is 47.8 Å². The number of nitriles is 1. The molecular formula is C23H24N6OS. The van der Waals surface area contributed by atoms with Gasteiger partial charge in [0.2, 0.25) is 5.16 Å². The number of thioether (sulfide) groups is 1. The first-order valence-electron chi connectivity index (χ1n) is 10.0. The Hall–Kier alpha value is -3.44. The van der Waals surface area contributed by atoms with Gasteiger partial charge in [0, 0.05) is 18.1 Å². The Labute approximate surface area is 185 Å². The number of ether oxygens (including phenoxy) is 1. The average Bonchev–Trinajstić information content (AvgIpc) is 3.29. The number of rotatable bonds is 7. The largest absolute Gasteiger partial charge is 0.485 e. The van der Waals surface area contributed by atoms with Crippen LogP contribution in [0.3, 0.4) is 0 Å². The van der Waals surface area contributed by atoms with E-state index < -0.39 is 0 Å². The van der Waals surface area contributed by atoms with Gasteiger partial charge in [0.15, 0.2) is 5.82 Å². The van der Waals surface area contributed by atoms with Crippen LogP contribution in [0.15, 0.2) is 53.9 Å². The minimum Gasteiger partial charge on any atom is -0.485 e. The molecule has 1 aromatic carbocycles. The molecule has 0 aliphatic rings. The highest BCUT2D eigenvalue weighted by molar-refractivity contribution is 7.98. The van der Waals surface area contributed by atoms with Crippen molar-refractivity contribution >= 4 is 17.3 Å². The van der Waals surface area contributed by atoms with E-state index in [-0.39, 0.29) is 6.61 Å². The number of fused-ring (bicyclic) bond motifs is 1. The zero-order valence-corrected chi connectivity index (χ0v) is 18.6. The lowest BCUT2D eigenvalue weighted by Crippen LogP contribution is -2.16. The summed E-state index contributed by atoms with van der Waals surface area (Å²) in [6.07, 6.45) is 3.90. The second kappa shape index (κ2) is 8.74. The lowest BCUT2D eigenvalue weighted by molar-refractivity contribution is 0.287. The fourth-order valence-corrected chi connectivity index (χ4v) is 4.29. The van der Waals surface area contributed by atoms with Gasteiger partial charge in [0.05, 0.1) is 11.1 Å². The molecule has 0 saturated carbocycles. The fourth-order valence-electron chi connectivity index (χ4n) is 3.45. The molecule has 0 bridgehead atoms. The van der Waals surface area contributed by atoms with E-state index in [0.717, 1.165) is 28.0 Å². The lowest BCUT2D eigenvalue weighted by Gasteiger charge is -2.14. The smallest absolute Gasteiger partial charge is 0.210 e. The van der Waals surface area contributed by atoms with Gasteiger partial charge in [0.1, 0.15) is 18.4 Å². The van der Waals surface area contributed by atoms with Crippen molar-refractivity contribution in [3.63, 3.8) is 0 Å². The molecule has 0 unspecified atom stereocenters. The maximum atomic E-state index is 9.57. The van der Waals surface area contributed by atoms with E-state index in [0.29, 0.717) is 28.2 Å². The fraction of sp³-hybridized carbons (Fsp3) is 0.261. The molecule has 0 amide bonds. The lowest BCUT2D eigenvalue weighted by atomic mass is 10.0. The Bertz CT molecular complexity index is 1270. The Morgan fingerprint density at radius 2 is 2.06 bits per heavy atom. The number of hydrogen-bond donors (Lipinski definition) is 1. The molecule has 4 rings (SSSR count). The van der Waals surface area contributed by atoms with Gasteiger partial charge in [-0.25, -0.2) is 4.68 Å². The minimum absolute atomic E-state index is 0.229. The summed E-state index contributed by atoms with van der Waals surface area (Å²) in [5, 5.41) is 18.6. The van der Waals surface area contributed by atoms with Gasteiger partial charge < -0.3 is 15.0 Å². The predicted molar refractivity (Wildman–Crippen MR) is 121 cm³/mol. The normalized spacial score (nSPS) is 11.2. The van der Waals surface area contributed by atoms with Gasteiger partial charge in [-0.15, -0.1) is 10.2 Å². The van der Waals surface area contributed by atoms with Crippen molar-refractivity contribution in [1.82, 2.24) is 19.3 Å². The van der Waals surface area contributed by atoms with Gasteiger partial charge in [0.25, 0.3) is 0 Å². The van der Waals surface area contributed by atoms with E-state index in [1.807, 2.05) is 48.0 Å². The number of nitrogens with zero attached hydrogens (tertiary/aromatic N) is 5. The van der Waals surface area contributed by atoms with Gasteiger partial charge in [-0.1, -0.05) is 43.8 Å². The molecule has 3 aromatic heterocycles. The Morgan fingerprint density at radius 1 is 1.23 bits per heavy atom. The average molecular weight is 433 g/mol. The van der Waals surface area contributed by atoms with Crippen molar-refractivity contribution in [3.05, 3.63) is 76.9 Å². The van der Waals surface area contributed by atoms with E-state index in [1.54, 1.807) is 0 Å². The zero-order valence-electron chi connectivity index (χ0n) is 17.7. The number of pyridine rings is 1. The van der Waals surface area contributed by atoms with Crippen molar-refractivity contribution in [2.75, 3.05) is 5.84 Å². The minimum atomic E-state index is 0.229. The highest BCUT2D eigenvalue weighted by atomic mass is 32.2. The van der Waals surface area contributed by atoms with Crippen LogP contribution in [0, 0.1) is 18.3 Å². The van der Waals surface area contributed by atoms with Crippen LogP contribution in [-0.4, -0.2) is 19.3 Å². The van der Waals surface area contributed by atoms with Crippen LogP contribution >= 0.6 is 11.8 Å². The molecule has 2 N–H and O–H groups in total. The second-order valence-corrected chi connectivity index (χ2v) is 8.62. The maximum absolute atomic E-state index is 9.57. The van der Waals surface area contributed by atoms with E-state index >= 15 is 0 Å². The molecule has 0 aliphatic heterocycles. The summed E-state index contributed by atoms with van der Waals surface area (Å²) in [6, 6.07) is 14.3. The summed E-state index contributed by atoms with van der Waals surface area (Å²) in [5.41, 5.74) is 4.77. The van der Waals surface area contributed by atoms with Crippen LogP contribution in [0.25, 0.3) is 5.52 Å². The summed E-state index contributed by atoms with van der Waals surface area (Å²) < 4.78 is 9.45. The van der Waals surface area contributed by atoms with Gasteiger partial charge >= 0.3 is 0 Å². The molecule has 0 saturated heterocycles. The van der Waals surface area contributed by atoms with Gasteiger partial charge in [-0.05, 0) is 47.7 Å². The summed E-state index contributed by atoms with van der Waals surface area (Å²) >= 11 is 1.44. The first-order valence-corrected chi connectivity index (χ1v) is 11.0. The molecule has 0 aliphatic carbocycles. The van der Waals surface area contributed by atoms with Gasteiger partial charge in [-0.2, -0.15) is 5.26 Å². The third-order valence-corrected chi connectivity index (χ3v) is 6.11. The van der Waals surface area contributed by atoms with E-state index in [2.05, 4.69) is 42.2 Å². The van der Waals surface area contributed by atoms with Crippen LogP contribution in [0.2, 0.25) is 0 Å². The van der Waals surface area contributed by atoms with E-state index in [1.165, 1.54) is 16.4 Å². The number of nitrogens with two attached hydrogens (primary N) is 1. The third-order valence-electron chi connectivity index (χ3n) is 5.11. The van der Waals surface area contributed by atoms with Crippen LogP contribution < -0.4 is 10.6 Å². The van der Waals surface area contributed by atoms with Crippen LogP contribution in [-0.2, 0) is 12.4 Å². The zero-order chi connectivity index (χ0) is 22.0. The van der Waals surface area contributed by atoms with Crippen LogP contribution in [0.5, 0.6) is 5.75 Å². The van der Waals surface area contributed by atoms with Crippen molar-refractivity contribution in [3.8, 4) is 11.8 Å². The first kappa shape index (κ1) is 20.8. The number of aromatic nitrogens is 4. The number of benzene rings is 1. The molecule has 4 aromatic rings. The van der Waals surface area contributed by atoms with Crippen molar-refractivity contribution in [2.24, 2.45) is 0 Å². The number of nitrogen functional groups attached to an aromatic ring is 1. The number of aryl methyl sites for hydroxylation is 1. The highest BCUT2D eigenvalue weighted by Crippen LogP contribution is 2.29. The number of hydrogen-bond acceptors (Lipinski definition) is 6. The summed E-state index contributed by atoms with van der Waals surface area (Å²) in [6.45, 7) is 6.54. The van der Waals surface area contributed by atoms with E-state index in [4.69, 9.17) is 10.6 Å². The molecule has 3 heterocycles. The second-order valence-electron chi connectivity index (χ2n) is 7.68. The molecule has 31 heavy (non-hydrogen) atoms. The monoisotopic (exact) mass is 432 g/mol. The molecule has 158 valence electrons. The Balaban J connectivity index is 1.47. The van der Waals surface area contributed by atoms with Crippen LogP contribution in [0.4, 0.5) is 0 Å². The molecule has 0 atom stereocenters. The summed E-state index contributed by atoms with van der Waals surface area (Å²) in [5.74, 6) is 8.52. The molecule has 0 fully saturated rings. The molecular weight excluding hydrogens is 408 g/mol. The van der Waals surface area contributed by atoms with Gasteiger partial charge in [-0.3, -0.25) is 0 Å². The summed E-state index contributed by atoms with van der Waals surface area (Å²) in [7, 11) is 0. The molecule has 0 spiro atoms. The van der Waals surface area contributed by atoms with E-state index in [9.17, 15) is 5.26 Å². The predicted octanol–water partition coefficient (Wildman–Crippen LogP) is 4.42. The highest BCUT2D eigenvalue weighted by Gasteiger charge is 2.16. The topological polar surface area (TPSA) is 94.2 Å². The Kier molecular flexibility index (Phi) is 5.87. The summed E-state index contributed by atoms with van der Waals surface area (Å²) in [4.78, 5) is 0. The SMILES string of the molecule is Cc1ccc(C(C)C)c(OCc2nnc(SCc3cn4ccccc4c3C#N)n2N)c1. The van der Waals surface area contributed by atoms with Crippen molar-refractivity contribution < 1.29 is 4.74 Å². The molecule has 8 heteroatoms. The standard InChI is InChI=1S/C23H24N6OS/c1-15(2)18-8-7-16(3)10-21(18)30-13-22-26-27-23(29(22)25)31-14-17-12-28-9-5-4-6-20(28)19(17)11-24/h4-10,12,15H,13-14,25H2,1-3H3. The molecule has 7 nitrogen and oxygen atoms in total. The quantitative estimate of drug-likeness (QED) is 0.343. The van der Waals surface area contributed by atoms with Crippen molar-refractivity contribution in [2.45, 2.75) is 44.2 Å². The molecule has 0 radical (unpaired) electrons. The maximum Gasteiger partial charge on any atom is 0.210 e.